The molecule has 10 heteroatoms. The van der Waals surface area contributed by atoms with Gasteiger partial charge >= 0.3 is 19.5 Å². The molecule has 0 saturated heterocycles. The summed E-state index contributed by atoms with van der Waals surface area (Å²) in [6.45, 7) is 0. The highest BCUT2D eigenvalue weighted by molar-refractivity contribution is 7.53. The van der Waals surface area contributed by atoms with Crippen molar-refractivity contribution in [1.29, 1.82) is 0 Å². The van der Waals surface area contributed by atoms with Crippen LogP contribution in [0, 0.1) is 5.92 Å². The molecule has 106 valence electrons. The Morgan fingerprint density at radius 2 is 1.95 bits per heavy atom. The van der Waals surface area contributed by atoms with Crippen LogP contribution < -0.4 is 0 Å². The van der Waals surface area contributed by atoms with E-state index < -0.39 is 31.1 Å². The molecule has 0 aliphatic carbocycles. The van der Waals surface area contributed by atoms with Crippen molar-refractivity contribution in [2.75, 3.05) is 0 Å². The van der Waals surface area contributed by atoms with Gasteiger partial charge in [-0.1, -0.05) is 0 Å². The van der Waals surface area contributed by atoms with Gasteiger partial charge in [0.05, 0.1) is 17.9 Å². The summed E-state index contributed by atoms with van der Waals surface area (Å²) in [6, 6.07) is 0. The van der Waals surface area contributed by atoms with E-state index in [2.05, 4.69) is 9.97 Å². The molecule has 2 atom stereocenters. The van der Waals surface area contributed by atoms with Gasteiger partial charge in [0, 0.05) is 6.20 Å². The lowest BCUT2D eigenvalue weighted by Gasteiger charge is -2.20. The first-order valence-corrected chi connectivity index (χ1v) is 6.90. The summed E-state index contributed by atoms with van der Waals surface area (Å²) in [4.78, 5) is 46.3. The van der Waals surface area contributed by atoms with E-state index in [-0.39, 0.29) is 12.8 Å². The third-order valence-corrected chi connectivity index (χ3v) is 3.89. The number of aromatic amines is 1. The van der Waals surface area contributed by atoms with Crippen molar-refractivity contribution in [2.45, 2.75) is 18.5 Å². The number of carboxylic acids is 2. The van der Waals surface area contributed by atoms with Crippen LogP contribution in [-0.4, -0.2) is 47.6 Å². The van der Waals surface area contributed by atoms with E-state index in [4.69, 9.17) is 20.0 Å². The Balaban J connectivity index is 2.89. The maximum Gasteiger partial charge on any atom is 0.340 e. The second kappa shape index (κ2) is 5.96. The molecule has 1 rings (SSSR count). The fourth-order valence-electron chi connectivity index (χ4n) is 1.70. The monoisotopic (exact) mass is 292 g/mol. The molecule has 19 heavy (non-hydrogen) atoms. The Hall–Kier alpha value is -1.70. The predicted molar refractivity (Wildman–Crippen MR) is 61.5 cm³/mol. The van der Waals surface area contributed by atoms with Gasteiger partial charge in [0.1, 0.15) is 0 Å². The molecule has 2 unspecified atom stereocenters. The highest BCUT2D eigenvalue weighted by Crippen LogP contribution is 2.46. The number of aromatic nitrogens is 2. The summed E-state index contributed by atoms with van der Waals surface area (Å²) < 4.78 is 11.1. The average Bonchev–Trinajstić information content (AvgIpc) is 2.73. The fourth-order valence-corrected chi connectivity index (χ4v) is 2.73. The largest absolute Gasteiger partial charge is 0.481 e. The number of hydrogen-bond donors (Lipinski definition) is 5. The summed E-state index contributed by atoms with van der Waals surface area (Å²) in [5.74, 6) is -5.08. The Labute approximate surface area is 107 Å². The molecule has 0 aliphatic rings. The number of rotatable bonds is 7. The zero-order valence-electron chi connectivity index (χ0n) is 9.63. The molecule has 1 heterocycles. The second-order valence-electron chi connectivity index (χ2n) is 3.92. The molecule has 1 aromatic heterocycles. The van der Waals surface area contributed by atoms with Gasteiger partial charge in [-0.15, -0.1) is 0 Å². The number of hydrogen-bond acceptors (Lipinski definition) is 4. The van der Waals surface area contributed by atoms with Gasteiger partial charge < -0.3 is 25.0 Å². The van der Waals surface area contributed by atoms with E-state index >= 15 is 0 Å². The minimum Gasteiger partial charge on any atom is -0.481 e. The van der Waals surface area contributed by atoms with E-state index in [0.717, 1.165) is 0 Å². The number of H-pyrrole nitrogens is 1. The van der Waals surface area contributed by atoms with Gasteiger partial charge in [-0.2, -0.15) is 0 Å². The normalized spacial score (nSPS) is 14.8. The molecule has 0 fully saturated rings. The third-order valence-electron chi connectivity index (χ3n) is 2.58. The summed E-state index contributed by atoms with van der Waals surface area (Å²) in [5, 5.41) is 17.8. The zero-order chi connectivity index (χ0) is 14.6. The van der Waals surface area contributed by atoms with Gasteiger partial charge in [-0.25, -0.2) is 4.98 Å². The van der Waals surface area contributed by atoms with Crippen LogP contribution in [0.4, 0.5) is 0 Å². The molecular formula is C9H13N2O7P. The molecule has 0 radical (unpaired) electrons. The minimum atomic E-state index is -5.06. The lowest BCUT2D eigenvalue weighted by atomic mass is 9.98. The average molecular weight is 292 g/mol. The van der Waals surface area contributed by atoms with Gasteiger partial charge in [0.2, 0.25) is 0 Å². The van der Waals surface area contributed by atoms with Crippen LogP contribution in [0.25, 0.3) is 0 Å². The molecule has 1 aromatic rings. The number of nitrogens with one attached hydrogen (secondary N) is 1. The van der Waals surface area contributed by atoms with Crippen molar-refractivity contribution in [1.82, 2.24) is 9.97 Å². The summed E-state index contributed by atoms with van der Waals surface area (Å²) >= 11 is 0. The van der Waals surface area contributed by atoms with Crippen molar-refractivity contribution in [3.8, 4) is 0 Å². The fraction of sp³-hybridized carbons (Fsp3) is 0.444. The summed E-state index contributed by atoms with van der Waals surface area (Å²) in [7, 11) is -5.06. The van der Waals surface area contributed by atoms with Crippen molar-refractivity contribution >= 4 is 19.5 Å². The molecule has 0 amide bonds. The summed E-state index contributed by atoms with van der Waals surface area (Å²) in [5.41, 5.74) is -1.77. The lowest BCUT2D eigenvalue weighted by molar-refractivity contribution is -0.148. The van der Waals surface area contributed by atoms with Crippen LogP contribution in [0.5, 0.6) is 0 Å². The van der Waals surface area contributed by atoms with Crippen LogP contribution in [-0.2, 0) is 20.6 Å². The minimum absolute atomic E-state index is 0.101. The SMILES string of the molecule is O=C(O)C(CCc1c[nH]cn1)C(C(=O)O)P(=O)(O)O. The van der Waals surface area contributed by atoms with E-state index in [0.29, 0.717) is 5.69 Å². The Bertz CT molecular complexity index is 495. The maximum atomic E-state index is 11.1. The first kappa shape index (κ1) is 15.4. The molecule has 0 saturated carbocycles. The number of carboxylic acid groups (broad SMARTS) is 2. The Morgan fingerprint density at radius 1 is 1.32 bits per heavy atom. The van der Waals surface area contributed by atoms with Gasteiger partial charge in [0.15, 0.2) is 5.66 Å². The zero-order valence-corrected chi connectivity index (χ0v) is 10.5. The molecule has 0 bridgehead atoms. The first-order chi connectivity index (χ1) is 8.73. The number of carbonyl (C=O) groups is 2. The molecular weight excluding hydrogens is 279 g/mol. The molecule has 0 spiro atoms. The summed E-state index contributed by atoms with van der Waals surface area (Å²) in [6.07, 6.45) is 2.72. The number of aryl methyl sites for hydroxylation is 1. The lowest BCUT2D eigenvalue weighted by Crippen LogP contribution is -2.35. The maximum absolute atomic E-state index is 11.1. The third kappa shape index (κ3) is 4.16. The smallest absolute Gasteiger partial charge is 0.340 e. The Kier molecular flexibility index (Phi) is 4.82. The number of aliphatic carboxylic acids is 2. The highest BCUT2D eigenvalue weighted by Gasteiger charge is 2.45. The van der Waals surface area contributed by atoms with E-state index in [1.165, 1.54) is 12.5 Å². The number of imidazole rings is 1. The molecule has 0 aromatic carbocycles. The molecule has 9 nitrogen and oxygen atoms in total. The van der Waals surface area contributed by atoms with Crippen LogP contribution in [0.2, 0.25) is 0 Å². The second-order valence-corrected chi connectivity index (χ2v) is 5.65. The van der Waals surface area contributed by atoms with E-state index in [1.807, 2.05) is 0 Å². The molecule has 5 N–H and O–H groups in total. The van der Waals surface area contributed by atoms with Gasteiger partial charge in [0.25, 0.3) is 0 Å². The van der Waals surface area contributed by atoms with Crippen molar-refractivity contribution < 1.29 is 34.2 Å². The topological polar surface area (TPSA) is 161 Å². The van der Waals surface area contributed by atoms with Gasteiger partial charge in [-0.05, 0) is 12.8 Å². The van der Waals surface area contributed by atoms with E-state index in [1.54, 1.807) is 0 Å². The molecule has 0 aliphatic heterocycles. The van der Waals surface area contributed by atoms with Crippen molar-refractivity contribution in [2.24, 2.45) is 5.92 Å². The van der Waals surface area contributed by atoms with Crippen molar-refractivity contribution in [3.63, 3.8) is 0 Å². The van der Waals surface area contributed by atoms with Crippen LogP contribution >= 0.6 is 7.60 Å². The van der Waals surface area contributed by atoms with Crippen molar-refractivity contribution in [3.05, 3.63) is 18.2 Å². The quantitative estimate of drug-likeness (QED) is 0.427. The van der Waals surface area contributed by atoms with Crippen LogP contribution in [0.1, 0.15) is 12.1 Å². The van der Waals surface area contributed by atoms with Crippen LogP contribution in [0.15, 0.2) is 12.5 Å². The van der Waals surface area contributed by atoms with E-state index in [9.17, 15) is 14.2 Å². The predicted octanol–water partition coefficient (Wildman–Crippen LogP) is -0.326. The van der Waals surface area contributed by atoms with Gasteiger partial charge in [-0.3, -0.25) is 14.2 Å². The number of nitrogens with zero attached hydrogens (tertiary/aromatic N) is 1. The van der Waals surface area contributed by atoms with Crippen LogP contribution in [0.3, 0.4) is 0 Å². The first-order valence-electron chi connectivity index (χ1n) is 5.22. The standard InChI is InChI=1S/C9H13N2O7P/c12-8(13)6(2-1-5-3-10-4-11-5)7(9(14)15)19(16,17)18/h3-4,6-7H,1-2H2,(H,10,11)(H,12,13)(H,14,15)(H2,16,17,18). The Morgan fingerprint density at radius 3 is 2.32 bits per heavy atom. The highest BCUT2D eigenvalue weighted by atomic mass is 31.2.